The van der Waals surface area contributed by atoms with Crippen molar-refractivity contribution < 1.29 is 9.50 Å². The van der Waals surface area contributed by atoms with E-state index in [1.165, 1.54) is 6.20 Å². The maximum absolute atomic E-state index is 14.3. The molecular weight excluding hydrogens is 395 g/mol. The summed E-state index contributed by atoms with van der Waals surface area (Å²) >= 11 is 0. The first-order chi connectivity index (χ1) is 14.6. The molecular formula is C23H29FN6O. The molecule has 3 N–H and O–H groups in total. The number of halogens is 1. The van der Waals surface area contributed by atoms with Gasteiger partial charge >= 0.3 is 0 Å². The molecule has 164 valence electrons. The lowest BCUT2D eigenvalue weighted by molar-refractivity contribution is -0.00773. The van der Waals surface area contributed by atoms with E-state index in [0.29, 0.717) is 28.2 Å². The monoisotopic (exact) mass is 424 g/mol. The number of aromatic hydroxyl groups is 1. The van der Waals surface area contributed by atoms with Gasteiger partial charge in [-0.2, -0.15) is 5.10 Å². The smallest absolute Gasteiger partial charge is 0.148 e. The lowest BCUT2D eigenvalue weighted by Gasteiger charge is -2.53. The molecule has 2 aromatic heterocycles. The highest BCUT2D eigenvalue weighted by Gasteiger charge is 2.43. The van der Waals surface area contributed by atoms with Crippen LogP contribution in [0, 0.1) is 5.82 Å². The minimum Gasteiger partial charge on any atom is -0.507 e. The molecule has 1 fully saturated rings. The maximum atomic E-state index is 14.3. The molecule has 0 saturated carbocycles. The van der Waals surface area contributed by atoms with Gasteiger partial charge in [-0.15, -0.1) is 10.2 Å². The van der Waals surface area contributed by atoms with Gasteiger partial charge in [0.1, 0.15) is 17.4 Å². The van der Waals surface area contributed by atoms with E-state index in [9.17, 15) is 9.50 Å². The quantitative estimate of drug-likeness (QED) is 0.574. The van der Waals surface area contributed by atoms with E-state index in [0.717, 1.165) is 18.9 Å². The average molecular weight is 425 g/mol. The highest BCUT2D eigenvalue weighted by atomic mass is 19.1. The number of hydrogen-bond donors (Lipinski definition) is 3. The number of aromatic nitrogens is 4. The topological polar surface area (TPSA) is 90.0 Å². The molecule has 1 aliphatic rings. The van der Waals surface area contributed by atoms with E-state index in [2.05, 4.69) is 65.4 Å². The number of likely N-dealkylation sites (tertiary alicyclic amines) is 1. The Bertz CT molecular complexity index is 1040. The summed E-state index contributed by atoms with van der Waals surface area (Å²) in [5.74, 6) is -0.0264. The number of H-pyrrole nitrogens is 1. The van der Waals surface area contributed by atoms with Crippen molar-refractivity contribution in [3.05, 3.63) is 42.5 Å². The molecule has 3 heterocycles. The maximum Gasteiger partial charge on any atom is 0.148 e. The van der Waals surface area contributed by atoms with Crippen molar-refractivity contribution >= 4 is 5.82 Å². The Morgan fingerprint density at radius 3 is 2.39 bits per heavy atom. The fourth-order valence-corrected chi connectivity index (χ4v) is 4.62. The number of rotatable bonds is 4. The van der Waals surface area contributed by atoms with Gasteiger partial charge in [-0.05, 0) is 65.8 Å². The van der Waals surface area contributed by atoms with Crippen molar-refractivity contribution in [1.82, 2.24) is 25.3 Å². The van der Waals surface area contributed by atoms with Crippen molar-refractivity contribution in [2.75, 3.05) is 12.4 Å². The van der Waals surface area contributed by atoms with Crippen molar-refractivity contribution in [3.63, 3.8) is 0 Å². The summed E-state index contributed by atoms with van der Waals surface area (Å²) in [6.07, 6.45) is 5.11. The van der Waals surface area contributed by atoms with Crippen LogP contribution in [0.4, 0.5) is 10.2 Å². The summed E-state index contributed by atoms with van der Waals surface area (Å²) in [4.78, 5) is 2.43. The van der Waals surface area contributed by atoms with Crippen LogP contribution in [0.15, 0.2) is 36.7 Å². The number of phenols is 1. The molecule has 1 aliphatic heterocycles. The van der Waals surface area contributed by atoms with Crippen molar-refractivity contribution in [2.45, 2.75) is 57.7 Å². The number of nitrogens with one attached hydrogen (secondary N) is 2. The van der Waals surface area contributed by atoms with Crippen LogP contribution in [-0.4, -0.2) is 54.6 Å². The summed E-state index contributed by atoms with van der Waals surface area (Å²) in [5.41, 5.74) is 1.95. The molecule has 0 atom stereocenters. The Morgan fingerprint density at radius 2 is 1.81 bits per heavy atom. The number of aromatic amines is 1. The van der Waals surface area contributed by atoms with Crippen LogP contribution in [0.3, 0.4) is 0 Å². The second kappa shape index (κ2) is 7.60. The van der Waals surface area contributed by atoms with Gasteiger partial charge in [0.05, 0.1) is 11.9 Å². The molecule has 4 rings (SSSR count). The first-order valence-corrected chi connectivity index (χ1v) is 10.4. The fraction of sp³-hybridized carbons (Fsp3) is 0.435. The first kappa shape index (κ1) is 21.2. The van der Waals surface area contributed by atoms with Gasteiger partial charge in [0.15, 0.2) is 0 Å². The second-order valence-corrected chi connectivity index (χ2v) is 9.57. The highest BCUT2D eigenvalue weighted by Crippen LogP contribution is 2.38. The van der Waals surface area contributed by atoms with Gasteiger partial charge in [0, 0.05) is 46.1 Å². The van der Waals surface area contributed by atoms with Crippen molar-refractivity contribution in [2.24, 2.45) is 0 Å². The number of nitrogens with zero attached hydrogens (tertiary/aromatic N) is 4. The van der Waals surface area contributed by atoms with Crippen LogP contribution in [0.5, 0.6) is 5.75 Å². The predicted molar refractivity (Wildman–Crippen MR) is 119 cm³/mol. The predicted octanol–water partition coefficient (Wildman–Crippen LogP) is 4.44. The number of phenolic OH excluding ortho intramolecular Hbond substituents is 1. The molecule has 0 spiro atoms. The van der Waals surface area contributed by atoms with Gasteiger partial charge < -0.3 is 10.4 Å². The Hall–Kier alpha value is -3.00. The summed E-state index contributed by atoms with van der Waals surface area (Å²) in [5, 5.41) is 28.9. The lowest BCUT2D eigenvalue weighted by atomic mass is 9.77. The molecule has 0 bridgehead atoms. The van der Waals surface area contributed by atoms with E-state index < -0.39 is 5.82 Å². The number of anilines is 1. The van der Waals surface area contributed by atoms with E-state index in [1.54, 1.807) is 18.3 Å². The normalized spacial score (nSPS) is 18.8. The molecule has 1 aromatic carbocycles. The second-order valence-electron chi connectivity index (χ2n) is 9.57. The van der Waals surface area contributed by atoms with Gasteiger partial charge in [0.2, 0.25) is 0 Å². The van der Waals surface area contributed by atoms with Gasteiger partial charge in [0.25, 0.3) is 0 Å². The molecule has 31 heavy (non-hydrogen) atoms. The van der Waals surface area contributed by atoms with E-state index in [1.807, 2.05) is 6.07 Å². The molecule has 0 aliphatic carbocycles. The Morgan fingerprint density at radius 1 is 1.10 bits per heavy atom. The SMILES string of the molecule is CN1C(C)(C)CC(Nc2ccc(-c3cc(-c4cn[nH]c4)c(F)cc3O)nn2)CC1(C)C. The molecule has 1 saturated heterocycles. The number of hydrogen-bond acceptors (Lipinski definition) is 6. The summed E-state index contributed by atoms with van der Waals surface area (Å²) in [6, 6.07) is 6.56. The van der Waals surface area contributed by atoms with Crippen molar-refractivity contribution in [1.29, 1.82) is 0 Å². The molecule has 0 amide bonds. The van der Waals surface area contributed by atoms with Gasteiger partial charge in [-0.25, -0.2) is 4.39 Å². The van der Waals surface area contributed by atoms with Crippen LogP contribution in [-0.2, 0) is 0 Å². The Labute approximate surface area is 181 Å². The number of piperidine rings is 1. The largest absolute Gasteiger partial charge is 0.507 e. The summed E-state index contributed by atoms with van der Waals surface area (Å²) in [7, 11) is 2.18. The standard InChI is InChI=1S/C23H29FN6O/c1-22(2)10-15(11-23(3,4)30(22)5)27-21-7-6-19(28-29-21)17-8-16(14-12-25-26-13-14)18(24)9-20(17)31/h6-9,12-13,15,31H,10-11H2,1-5H3,(H,25,26)(H,27,29). The molecule has 7 nitrogen and oxygen atoms in total. The van der Waals surface area contributed by atoms with Gasteiger partial charge in [-0.3, -0.25) is 10.00 Å². The molecule has 0 unspecified atom stereocenters. The van der Waals surface area contributed by atoms with E-state index in [-0.39, 0.29) is 22.9 Å². The van der Waals surface area contributed by atoms with Crippen LogP contribution < -0.4 is 5.32 Å². The molecule has 8 heteroatoms. The number of benzene rings is 1. The lowest BCUT2D eigenvalue weighted by Crippen LogP contribution is -2.61. The minimum absolute atomic E-state index is 0.0656. The zero-order chi connectivity index (χ0) is 22.4. The van der Waals surface area contributed by atoms with Crippen LogP contribution in [0.2, 0.25) is 0 Å². The first-order valence-electron chi connectivity index (χ1n) is 10.4. The Balaban J connectivity index is 1.56. The summed E-state index contributed by atoms with van der Waals surface area (Å²) < 4.78 is 14.3. The highest BCUT2D eigenvalue weighted by molar-refractivity contribution is 5.75. The molecule has 0 radical (unpaired) electrons. The average Bonchev–Trinajstić information content (AvgIpc) is 3.21. The summed E-state index contributed by atoms with van der Waals surface area (Å²) in [6.45, 7) is 9.02. The van der Waals surface area contributed by atoms with Crippen LogP contribution in [0.25, 0.3) is 22.4 Å². The zero-order valence-corrected chi connectivity index (χ0v) is 18.6. The zero-order valence-electron chi connectivity index (χ0n) is 18.6. The fourth-order valence-electron chi connectivity index (χ4n) is 4.62. The third-order valence-corrected chi connectivity index (χ3v) is 6.49. The van der Waals surface area contributed by atoms with Gasteiger partial charge in [-0.1, -0.05) is 0 Å². The van der Waals surface area contributed by atoms with Crippen molar-refractivity contribution in [3.8, 4) is 28.1 Å². The minimum atomic E-state index is -0.526. The third-order valence-electron chi connectivity index (χ3n) is 6.49. The van der Waals surface area contributed by atoms with Crippen LogP contribution >= 0.6 is 0 Å². The van der Waals surface area contributed by atoms with E-state index in [4.69, 9.17) is 0 Å². The van der Waals surface area contributed by atoms with E-state index >= 15 is 0 Å². The third kappa shape index (κ3) is 4.12. The Kier molecular flexibility index (Phi) is 5.21. The molecule has 3 aromatic rings. The van der Waals surface area contributed by atoms with Crippen LogP contribution in [0.1, 0.15) is 40.5 Å².